The van der Waals surface area contributed by atoms with Gasteiger partial charge in [0.1, 0.15) is 25.0 Å². The number of carbonyl (C=O) groups excluding carboxylic acids is 4. The average Bonchev–Trinajstić information content (AvgIpc) is 3.42. The van der Waals surface area contributed by atoms with Crippen LogP contribution in [0, 0.1) is 11.8 Å². The molecule has 43 heavy (non-hydrogen) atoms. The van der Waals surface area contributed by atoms with E-state index in [1.807, 2.05) is 74.6 Å². The molecule has 0 aliphatic heterocycles. The zero-order chi connectivity index (χ0) is 30.6. The first-order valence-corrected chi connectivity index (χ1v) is 15.4. The van der Waals surface area contributed by atoms with E-state index in [1.54, 1.807) is 0 Å². The number of nitrogens with one attached hydrogen (secondary N) is 4. The number of aromatic amines is 1. The largest absolute Gasteiger partial charge is 0.445 e. The van der Waals surface area contributed by atoms with Gasteiger partial charge in [-0.3, -0.25) is 9.59 Å². The molecule has 1 aliphatic carbocycles. The Morgan fingerprint density at radius 1 is 0.907 bits per heavy atom. The number of rotatable bonds is 14. The highest BCUT2D eigenvalue weighted by Crippen LogP contribution is 2.28. The molecular formula is C34H44N4O5. The lowest BCUT2D eigenvalue weighted by atomic mass is 9.84. The second-order valence-electron chi connectivity index (χ2n) is 12.0. The van der Waals surface area contributed by atoms with E-state index in [2.05, 4.69) is 20.9 Å². The monoisotopic (exact) mass is 588 g/mol. The molecule has 1 saturated carbocycles. The van der Waals surface area contributed by atoms with E-state index >= 15 is 0 Å². The van der Waals surface area contributed by atoms with Crippen molar-refractivity contribution in [1.82, 2.24) is 20.9 Å². The fourth-order valence-electron chi connectivity index (χ4n) is 5.84. The van der Waals surface area contributed by atoms with Crippen molar-refractivity contribution in [2.24, 2.45) is 11.8 Å². The number of amides is 3. The molecule has 1 aromatic heterocycles. The summed E-state index contributed by atoms with van der Waals surface area (Å²) in [4.78, 5) is 55.2. The quantitative estimate of drug-likeness (QED) is 0.193. The normalized spacial score (nSPS) is 15.8. The van der Waals surface area contributed by atoms with Gasteiger partial charge >= 0.3 is 6.09 Å². The van der Waals surface area contributed by atoms with Crippen LogP contribution in [0.25, 0.3) is 10.9 Å². The number of hydrogen-bond donors (Lipinski definition) is 4. The predicted octanol–water partition coefficient (Wildman–Crippen LogP) is 5.19. The standard InChI is InChI=1S/C34H44N4O5/c1-23(2)17-27(21-39)36-32(40)30(18-24-11-5-3-6-12-24)37-33(41)31(19-26-20-35-29-16-10-9-15-28(26)29)38-34(42)43-22-25-13-7-4-8-14-25/h4,7-10,13-16,20-21,23-24,27,30-31,35H,3,5-6,11-12,17-19,22H2,1-2H3,(H,36,40)(H,37,41)(H,38,42)/t27?,30-,31?/m0/s1. The van der Waals surface area contributed by atoms with Gasteiger partial charge in [0.05, 0.1) is 6.04 Å². The zero-order valence-corrected chi connectivity index (χ0v) is 25.1. The predicted molar refractivity (Wildman–Crippen MR) is 166 cm³/mol. The molecule has 4 rings (SSSR count). The Labute approximate surface area is 253 Å². The number of carbonyl (C=O) groups is 4. The van der Waals surface area contributed by atoms with Crippen molar-refractivity contribution in [1.29, 1.82) is 0 Å². The van der Waals surface area contributed by atoms with Gasteiger partial charge in [-0.25, -0.2) is 4.79 Å². The van der Waals surface area contributed by atoms with Crippen molar-refractivity contribution in [3.05, 3.63) is 71.9 Å². The number of alkyl carbamates (subject to hydrolysis) is 1. The molecule has 3 atom stereocenters. The summed E-state index contributed by atoms with van der Waals surface area (Å²) >= 11 is 0. The van der Waals surface area contributed by atoms with Crippen molar-refractivity contribution >= 4 is 35.1 Å². The number of hydrogen-bond acceptors (Lipinski definition) is 5. The minimum absolute atomic E-state index is 0.0593. The first-order valence-electron chi connectivity index (χ1n) is 15.4. The summed E-state index contributed by atoms with van der Waals surface area (Å²) in [6, 6.07) is 14.6. The van der Waals surface area contributed by atoms with Gasteiger partial charge in [-0.05, 0) is 41.9 Å². The molecule has 3 aromatic rings. The third-order valence-electron chi connectivity index (χ3n) is 8.06. The number of aldehydes is 1. The van der Waals surface area contributed by atoms with Gasteiger partial charge in [-0.15, -0.1) is 0 Å². The van der Waals surface area contributed by atoms with Crippen molar-refractivity contribution in [3.8, 4) is 0 Å². The lowest BCUT2D eigenvalue weighted by Crippen LogP contribution is -2.56. The minimum atomic E-state index is -0.998. The average molecular weight is 589 g/mol. The van der Waals surface area contributed by atoms with Crippen LogP contribution in [0.2, 0.25) is 0 Å². The molecule has 9 nitrogen and oxygen atoms in total. The van der Waals surface area contributed by atoms with Crippen LogP contribution in [0.5, 0.6) is 0 Å². The Bertz CT molecular complexity index is 1350. The van der Waals surface area contributed by atoms with E-state index in [1.165, 1.54) is 6.42 Å². The van der Waals surface area contributed by atoms with Gasteiger partial charge in [-0.2, -0.15) is 0 Å². The number of para-hydroxylation sites is 1. The van der Waals surface area contributed by atoms with Gasteiger partial charge in [0.2, 0.25) is 11.8 Å². The van der Waals surface area contributed by atoms with Gasteiger partial charge in [-0.1, -0.05) is 94.5 Å². The second-order valence-corrected chi connectivity index (χ2v) is 12.0. The number of benzene rings is 2. The molecule has 0 spiro atoms. The molecule has 4 N–H and O–H groups in total. The molecule has 9 heteroatoms. The third kappa shape index (κ3) is 9.70. The van der Waals surface area contributed by atoms with E-state index < -0.39 is 30.1 Å². The summed E-state index contributed by atoms with van der Waals surface area (Å²) in [5.74, 6) is -0.354. The molecule has 0 radical (unpaired) electrons. The maximum absolute atomic E-state index is 13.9. The van der Waals surface area contributed by atoms with Crippen LogP contribution in [0.1, 0.15) is 69.9 Å². The number of ether oxygens (including phenoxy) is 1. The van der Waals surface area contributed by atoms with Gasteiger partial charge in [0.15, 0.2) is 0 Å². The molecule has 1 fully saturated rings. The maximum Gasteiger partial charge on any atom is 0.408 e. The highest BCUT2D eigenvalue weighted by Gasteiger charge is 2.31. The second kappa shape index (κ2) is 15.9. The van der Waals surface area contributed by atoms with Crippen molar-refractivity contribution in [3.63, 3.8) is 0 Å². The molecule has 1 heterocycles. The van der Waals surface area contributed by atoms with Gasteiger partial charge in [0.25, 0.3) is 0 Å². The summed E-state index contributed by atoms with van der Waals surface area (Å²) < 4.78 is 5.44. The Morgan fingerprint density at radius 3 is 2.33 bits per heavy atom. The van der Waals surface area contributed by atoms with Crippen molar-refractivity contribution < 1.29 is 23.9 Å². The van der Waals surface area contributed by atoms with Crippen LogP contribution in [0.15, 0.2) is 60.8 Å². The summed E-state index contributed by atoms with van der Waals surface area (Å²) in [5.41, 5.74) is 2.60. The summed E-state index contributed by atoms with van der Waals surface area (Å²) in [5, 5.41) is 9.47. The molecular weight excluding hydrogens is 544 g/mol. The molecule has 2 aromatic carbocycles. The highest BCUT2D eigenvalue weighted by atomic mass is 16.5. The fraction of sp³-hybridized carbons (Fsp3) is 0.471. The molecule has 2 unspecified atom stereocenters. The lowest BCUT2D eigenvalue weighted by Gasteiger charge is -2.29. The first-order chi connectivity index (χ1) is 20.8. The summed E-state index contributed by atoms with van der Waals surface area (Å²) in [6.07, 6.45) is 8.37. The fourth-order valence-corrected chi connectivity index (χ4v) is 5.84. The van der Waals surface area contributed by atoms with Crippen LogP contribution < -0.4 is 16.0 Å². The van der Waals surface area contributed by atoms with Crippen LogP contribution in [0.4, 0.5) is 4.79 Å². The van der Waals surface area contributed by atoms with E-state index in [-0.39, 0.29) is 24.9 Å². The lowest BCUT2D eigenvalue weighted by molar-refractivity contribution is -0.131. The van der Waals surface area contributed by atoms with Crippen molar-refractivity contribution in [2.45, 2.75) is 89.9 Å². The third-order valence-corrected chi connectivity index (χ3v) is 8.06. The van der Waals surface area contributed by atoms with Gasteiger partial charge in [0, 0.05) is 23.5 Å². The maximum atomic E-state index is 13.9. The van der Waals surface area contributed by atoms with Crippen LogP contribution in [0.3, 0.4) is 0 Å². The minimum Gasteiger partial charge on any atom is -0.445 e. The summed E-state index contributed by atoms with van der Waals surface area (Å²) in [6.45, 7) is 4.04. The Morgan fingerprint density at radius 2 is 1.60 bits per heavy atom. The summed E-state index contributed by atoms with van der Waals surface area (Å²) in [7, 11) is 0. The topological polar surface area (TPSA) is 129 Å². The zero-order valence-electron chi connectivity index (χ0n) is 25.1. The van der Waals surface area contributed by atoms with E-state index in [4.69, 9.17) is 4.74 Å². The molecule has 1 aliphatic rings. The highest BCUT2D eigenvalue weighted by molar-refractivity contribution is 5.93. The van der Waals surface area contributed by atoms with E-state index in [0.29, 0.717) is 18.8 Å². The number of fused-ring (bicyclic) bond motifs is 1. The Hall–Kier alpha value is -4.14. The first kappa shape index (κ1) is 31.8. The molecule has 0 saturated heterocycles. The smallest absolute Gasteiger partial charge is 0.408 e. The van der Waals surface area contributed by atoms with E-state index in [0.717, 1.165) is 54.0 Å². The number of H-pyrrole nitrogens is 1. The van der Waals surface area contributed by atoms with Crippen LogP contribution in [-0.2, 0) is 32.1 Å². The van der Waals surface area contributed by atoms with Crippen LogP contribution in [-0.4, -0.2) is 47.3 Å². The molecule has 3 amide bonds. The van der Waals surface area contributed by atoms with E-state index in [9.17, 15) is 19.2 Å². The van der Waals surface area contributed by atoms with Gasteiger partial charge < -0.3 is 30.5 Å². The molecule has 230 valence electrons. The Kier molecular flexibility index (Phi) is 11.8. The van der Waals surface area contributed by atoms with Crippen molar-refractivity contribution in [2.75, 3.05) is 0 Å². The number of aromatic nitrogens is 1. The SMILES string of the molecule is CC(C)CC(C=O)NC(=O)[C@H](CC1CCCCC1)NC(=O)C(Cc1c[nH]c2ccccc12)NC(=O)OCc1ccccc1. The molecule has 0 bridgehead atoms. The Balaban J connectivity index is 1.52. The van der Waals surface area contributed by atoms with Crippen LogP contribution >= 0.6 is 0 Å².